The van der Waals surface area contributed by atoms with Crippen LogP contribution in [-0.4, -0.2) is 13.1 Å². The predicted octanol–water partition coefficient (Wildman–Crippen LogP) is 2.80. The highest BCUT2D eigenvalue weighted by Crippen LogP contribution is 2.32. The zero-order valence-electron chi connectivity index (χ0n) is 9.22. The van der Waals surface area contributed by atoms with Gasteiger partial charge in [-0.15, -0.1) is 0 Å². The van der Waals surface area contributed by atoms with Crippen LogP contribution < -0.4 is 5.32 Å². The number of rotatable bonds is 2. The average molecular weight is 207 g/mol. The number of hydrogen-bond donors (Lipinski definition) is 1. The minimum atomic E-state index is -1.15. The quantitative estimate of drug-likeness (QED) is 0.786. The molecule has 0 amide bonds. The van der Waals surface area contributed by atoms with Gasteiger partial charge in [0.25, 0.3) is 0 Å². The molecule has 1 aromatic rings. The Bertz CT molecular complexity index is 312. The third-order valence-corrected chi connectivity index (χ3v) is 3.21. The van der Waals surface area contributed by atoms with Gasteiger partial charge in [0, 0.05) is 6.54 Å². The van der Waals surface area contributed by atoms with E-state index in [9.17, 15) is 4.39 Å². The Labute approximate surface area is 90.7 Å². The fourth-order valence-corrected chi connectivity index (χ4v) is 2.15. The van der Waals surface area contributed by atoms with Gasteiger partial charge < -0.3 is 5.32 Å². The highest BCUT2D eigenvalue weighted by Gasteiger charge is 2.33. The van der Waals surface area contributed by atoms with Crippen LogP contribution in [0.15, 0.2) is 24.3 Å². The van der Waals surface area contributed by atoms with Crippen LogP contribution in [0.3, 0.4) is 0 Å². The molecule has 82 valence electrons. The highest BCUT2D eigenvalue weighted by atomic mass is 19.1. The number of alkyl halides is 1. The van der Waals surface area contributed by atoms with Gasteiger partial charge >= 0.3 is 0 Å². The van der Waals surface area contributed by atoms with E-state index in [1.54, 1.807) is 0 Å². The number of nitrogens with one attached hydrogen (secondary N) is 1. The molecule has 1 fully saturated rings. The summed E-state index contributed by atoms with van der Waals surface area (Å²) < 4.78 is 14.5. The van der Waals surface area contributed by atoms with Gasteiger partial charge in [-0.05, 0) is 36.9 Å². The van der Waals surface area contributed by atoms with Crippen LogP contribution in [0, 0.1) is 0 Å². The molecule has 2 heteroatoms. The lowest BCUT2D eigenvalue weighted by Crippen LogP contribution is -2.40. The topological polar surface area (TPSA) is 12.0 Å². The van der Waals surface area contributed by atoms with E-state index in [0.29, 0.717) is 13.0 Å². The van der Waals surface area contributed by atoms with Crippen molar-refractivity contribution in [2.45, 2.75) is 31.9 Å². The molecule has 1 nitrogen and oxygen atoms in total. The maximum absolute atomic E-state index is 14.5. The minimum Gasteiger partial charge on any atom is -0.313 e. The zero-order chi connectivity index (χ0) is 10.7. The molecule has 1 aliphatic rings. The van der Waals surface area contributed by atoms with E-state index in [0.717, 1.165) is 24.9 Å². The fourth-order valence-electron chi connectivity index (χ4n) is 2.15. The molecule has 0 aromatic heterocycles. The van der Waals surface area contributed by atoms with E-state index in [2.05, 4.69) is 12.2 Å². The number of piperidine rings is 1. The zero-order valence-corrected chi connectivity index (χ0v) is 9.22. The molecule has 0 spiro atoms. The molecule has 0 saturated carbocycles. The molecule has 1 aliphatic heterocycles. The van der Waals surface area contributed by atoms with Crippen LogP contribution in [0.1, 0.15) is 30.9 Å². The second-order valence-electron chi connectivity index (χ2n) is 4.30. The number of hydrogen-bond acceptors (Lipinski definition) is 1. The fraction of sp³-hybridized carbons (Fsp3) is 0.538. The van der Waals surface area contributed by atoms with Crippen molar-refractivity contribution in [3.05, 3.63) is 35.4 Å². The standard InChI is InChI=1S/C13H18FN/c1-2-11-4-6-12(7-5-11)13(14)8-3-9-15-10-13/h4-7,15H,2-3,8-10H2,1H3. The summed E-state index contributed by atoms with van der Waals surface area (Å²) in [6, 6.07) is 7.94. The number of benzene rings is 1. The third-order valence-electron chi connectivity index (χ3n) is 3.21. The summed E-state index contributed by atoms with van der Waals surface area (Å²) in [6.07, 6.45) is 2.58. The summed E-state index contributed by atoms with van der Waals surface area (Å²) >= 11 is 0. The Kier molecular flexibility index (Phi) is 3.06. The van der Waals surface area contributed by atoms with Crippen molar-refractivity contribution >= 4 is 0 Å². The normalized spacial score (nSPS) is 26.5. The first-order chi connectivity index (χ1) is 7.24. The van der Waals surface area contributed by atoms with Gasteiger partial charge in [-0.3, -0.25) is 0 Å². The highest BCUT2D eigenvalue weighted by molar-refractivity contribution is 5.28. The summed E-state index contributed by atoms with van der Waals surface area (Å²) in [5.41, 5.74) is 0.947. The molecule has 1 N–H and O–H groups in total. The Balaban J connectivity index is 2.20. The van der Waals surface area contributed by atoms with Crippen LogP contribution >= 0.6 is 0 Å². The lowest BCUT2D eigenvalue weighted by atomic mass is 9.88. The first-order valence-corrected chi connectivity index (χ1v) is 5.74. The maximum Gasteiger partial charge on any atom is 0.148 e. The van der Waals surface area contributed by atoms with Gasteiger partial charge in [0.2, 0.25) is 0 Å². The Morgan fingerprint density at radius 3 is 2.60 bits per heavy atom. The van der Waals surface area contributed by atoms with Gasteiger partial charge in [0.15, 0.2) is 0 Å². The van der Waals surface area contributed by atoms with Crippen molar-refractivity contribution in [3.63, 3.8) is 0 Å². The Morgan fingerprint density at radius 2 is 2.07 bits per heavy atom. The summed E-state index contributed by atoms with van der Waals surface area (Å²) in [5.74, 6) is 0. The van der Waals surface area contributed by atoms with Crippen LogP contribution in [0.25, 0.3) is 0 Å². The molecule has 0 bridgehead atoms. The molecule has 1 saturated heterocycles. The Hall–Kier alpha value is -0.890. The minimum absolute atomic E-state index is 0.457. The lowest BCUT2D eigenvalue weighted by Gasteiger charge is -2.30. The van der Waals surface area contributed by atoms with E-state index in [-0.39, 0.29) is 0 Å². The van der Waals surface area contributed by atoms with Crippen molar-refractivity contribution in [1.82, 2.24) is 5.32 Å². The molecule has 0 aliphatic carbocycles. The van der Waals surface area contributed by atoms with E-state index in [1.165, 1.54) is 5.56 Å². The molecule has 1 heterocycles. The SMILES string of the molecule is CCc1ccc(C2(F)CCCNC2)cc1. The summed E-state index contributed by atoms with van der Waals surface area (Å²) in [6.45, 7) is 3.51. The van der Waals surface area contributed by atoms with E-state index in [1.807, 2.05) is 24.3 Å². The summed E-state index contributed by atoms with van der Waals surface area (Å²) in [7, 11) is 0. The van der Waals surface area contributed by atoms with Gasteiger partial charge in [0.1, 0.15) is 5.67 Å². The van der Waals surface area contributed by atoms with E-state index < -0.39 is 5.67 Å². The van der Waals surface area contributed by atoms with Crippen LogP contribution in [0.5, 0.6) is 0 Å². The predicted molar refractivity (Wildman–Crippen MR) is 60.7 cm³/mol. The molecule has 1 aromatic carbocycles. The molecular formula is C13H18FN. The van der Waals surface area contributed by atoms with Crippen LogP contribution in [-0.2, 0) is 12.1 Å². The second kappa shape index (κ2) is 4.31. The van der Waals surface area contributed by atoms with E-state index >= 15 is 0 Å². The molecule has 15 heavy (non-hydrogen) atoms. The molecule has 1 atom stereocenters. The third kappa shape index (κ3) is 2.20. The van der Waals surface area contributed by atoms with Gasteiger partial charge in [-0.1, -0.05) is 31.2 Å². The van der Waals surface area contributed by atoms with Crippen molar-refractivity contribution in [2.24, 2.45) is 0 Å². The number of halogens is 1. The lowest BCUT2D eigenvalue weighted by molar-refractivity contribution is 0.122. The van der Waals surface area contributed by atoms with Gasteiger partial charge in [-0.2, -0.15) is 0 Å². The largest absolute Gasteiger partial charge is 0.313 e. The summed E-state index contributed by atoms with van der Waals surface area (Å²) in [4.78, 5) is 0. The van der Waals surface area contributed by atoms with Gasteiger partial charge in [0.05, 0.1) is 0 Å². The molecule has 0 radical (unpaired) electrons. The van der Waals surface area contributed by atoms with Crippen molar-refractivity contribution in [3.8, 4) is 0 Å². The van der Waals surface area contributed by atoms with Crippen molar-refractivity contribution in [1.29, 1.82) is 0 Å². The first-order valence-electron chi connectivity index (χ1n) is 5.74. The molecular weight excluding hydrogens is 189 g/mol. The second-order valence-corrected chi connectivity index (χ2v) is 4.30. The average Bonchev–Trinajstić information content (AvgIpc) is 2.30. The molecule has 1 unspecified atom stereocenters. The maximum atomic E-state index is 14.5. The monoisotopic (exact) mass is 207 g/mol. The van der Waals surface area contributed by atoms with Crippen LogP contribution in [0.4, 0.5) is 4.39 Å². The Morgan fingerprint density at radius 1 is 1.33 bits per heavy atom. The smallest absolute Gasteiger partial charge is 0.148 e. The van der Waals surface area contributed by atoms with Gasteiger partial charge in [-0.25, -0.2) is 4.39 Å². The molecule has 2 rings (SSSR count). The van der Waals surface area contributed by atoms with E-state index in [4.69, 9.17) is 0 Å². The van der Waals surface area contributed by atoms with Crippen molar-refractivity contribution < 1.29 is 4.39 Å². The van der Waals surface area contributed by atoms with Crippen molar-refractivity contribution in [2.75, 3.05) is 13.1 Å². The number of aryl methyl sites for hydroxylation is 1. The first kappa shape index (κ1) is 10.6. The van der Waals surface area contributed by atoms with Crippen LogP contribution in [0.2, 0.25) is 0 Å². The summed E-state index contributed by atoms with van der Waals surface area (Å²) in [5, 5.41) is 3.13.